The molecule has 1 fully saturated rings. The van der Waals surface area contributed by atoms with Crippen LogP contribution in [0, 0.1) is 17.8 Å². The molecule has 8 nitrogen and oxygen atoms in total. The Hall–Kier alpha value is -3.47. The second-order valence-corrected chi connectivity index (χ2v) is 10.5. The van der Waals surface area contributed by atoms with Crippen molar-refractivity contribution in [3.8, 4) is 11.4 Å². The second kappa shape index (κ2) is 8.71. The van der Waals surface area contributed by atoms with Crippen molar-refractivity contribution in [3.05, 3.63) is 66.1 Å². The second-order valence-electron chi connectivity index (χ2n) is 8.87. The van der Waals surface area contributed by atoms with Crippen LogP contribution in [0.15, 0.2) is 53.6 Å². The molecule has 34 heavy (non-hydrogen) atoms. The van der Waals surface area contributed by atoms with Gasteiger partial charge in [0, 0.05) is 18.3 Å². The minimum Gasteiger partial charge on any atom is -0.351 e. The molecule has 4 heterocycles. The average Bonchev–Trinajstić information content (AvgIpc) is 3.04. The first kappa shape index (κ1) is 23.7. The summed E-state index contributed by atoms with van der Waals surface area (Å²) in [6.45, 7) is 6.63. The first-order valence-corrected chi connectivity index (χ1v) is 12.1. The molecule has 1 N–H and O–H groups in total. The fourth-order valence-electron chi connectivity index (χ4n) is 4.29. The summed E-state index contributed by atoms with van der Waals surface area (Å²) in [5.41, 5.74) is 0.185. The van der Waals surface area contributed by atoms with Gasteiger partial charge in [0.05, 0.1) is 17.0 Å². The maximum absolute atomic E-state index is 14.0. The van der Waals surface area contributed by atoms with Crippen molar-refractivity contribution < 1.29 is 22.0 Å². The lowest BCUT2D eigenvalue weighted by molar-refractivity contribution is 0.0981. The zero-order chi connectivity index (χ0) is 24.7. The lowest BCUT2D eigenvalue weighted by Gasteiger charge is -2.34. The topological polar surface area (TPSA) is 105 Å². The van der Waals surface area contributed by atoms with Crippen LogP contribution in [0.2, 0.25) is 0 Å². The number of hydrogen-bond donors (Lipinski definition) is 1. The van der Waals surface area contributed by atoms with Crippen molar-refractivity contribution in [2.24, 2.45) is 5.92 Å². The smallest absolute Gasteiger partial charge is 0.268 e. The molecular weight excluding hydrogens is 464 g/mol. The van der Waals surface area contributed by atoms with Crippen LogP contribution >= 0.6 is 0 Å². The van der Waals surface area contributed by atoms with Gasteiger partial charge in [0.1, 0.15) is 10.7 Å². The number of hydrogen-bond acceptors (Lipinski definition) is 7. The number of anilines is 1. The molecule has 1 amide bonds. The molecule has 1 atom stereocenters. The maximum atomic E-state index is 14.0. The van der Waals surface area contributed by atoms with Gasteiger partial charge in [0.15, 0.2) is 0 Å². The number of amides is 1. The molecule has 0 aliphatic carbocycles. The lowest BCUT2D eigenvalue weighted by atomic mass is 9.97. The number of halogens is 2. The summed E-state index contributed by atoms with van der Waals surface area (Å²) in [6, 6.07) is 9.43. The molecule has 1 saturated heterocycles. The molecule has 0 saturated carbocycles. The molecule has 1 aliphatic heterocycles. The van der Waals surface area contributed by atoms with Gasteiger partial charge in [-0.3, -0.25) is 4.79 Å². The van der Waals surface area contributed by atoms with Crippen molar-refractivity contribution in [1.29, 1.82) is 0 Å². The molecule has 4 rings (SSSR count). The van der Waals surface area contributed by atoms with Gasteiger partial charge in [-0.2, -0.15) is 8.78 Å². The van der Waals surface area contributed by atoms with E-state index in [1.807, 2.05) is 23.5 Å². The first-order valence-electron chi connectivity index (χ1n) is 10.6. The number of pyridine rings is 3. The molecule has 3 aromatic rings. The predicted octanol–water partition coefficient (Wildman–Crippen LogP) is 3.56. The Morgan fingerprint density at radius 2 is 1.82 bits per heavy atom. The van der Waals surface area contributed by atoms with E-state index in [-0.39, 0.29) is 28.5 Å². The predicted molar refractivity (Wildman–Crippen MR) is 121 cm³/mol. The zero-order valence-corrected chi connectivity index (χ0v) is 19.6. The molecule has 1 aliphatic rings. The van der Waals surface area contributed by atoms with E-state index in [9.17, 15) is 22.0 Å². The van der Waals surface area contributed by atoms with Crippen LogP contribution in [-0.4, -0.2) is 41.4 Å². The summed E-state index contributed by atoms with van der Waals surface area (Å²) in [4.78, 5) is 26.1. The van der Waals surface area contributed by atoms with Gasteiger partial charge in [0.2, 0.25) is 11.9 Å². The molecule has 0 bridgehead atoms. The van der Waals surface area contributed by atoms with Crippen molar-refractivity contribution in [2.45, 2.75) is 37.6 Å². The molecule has 178 valence electrons. The van der Waals surface area contributed by atoms with Crippen molar-refractivity contribution in [1.82, 2.24) is 19.7 Å². The summed E-state index contributed by atoms with van der Waals surface area (Å²) >= 11 is 0. The Balaban J connectivity index is 1.79. The quantitative estimate of drug-likeness (QED) is 0.549. The summed E-state index contributed by atoms with van der Waals surface area (Å²) in [6.07, 6.45) is 1.92. The highest BCUT2D eigenvalue weighted by Gasteiger charge is 2.39. The van der Waals surface area contributed by atoms with E-state index in [1.165, 1.54) is 30.3 Å². The minimum absolute atomic E-state index is 0.0183. The van der Waals surface area contributed by atoms with E-state index in [4.69, 9.17) is 0 Å². The monoisotopic (exact) mass is 487 g/mol. The van der Waals surface area contributed by atoms with Crippen LogP contribution in [0.1, 0.15) is 37.6 Å². The normalized spacial score (nSPS) is 17.6. The highest BCUT2D eigenvalue weighted by molar-refractivity contribution is 7.90. The lowest BCUT2D eigenvalue weighted by Crippen LogP contribution is -2.41. The Morgan fingerprint density at radius 3 is 2.47 bits per heavy atom. The third-order valence-electron chi connectivity index (χ3n) is 5.67. The summed E-state index contributed by atoms with van der Waals surface area (Å²) in [7, 11) is -4.53. The fourth-order valence-corrected chi connectivity index (χ4v) is 5.28. The highest BCUT2D eigenvalue weighted by Crippen LogP contribution is 2.38. The van der Waals surface area contributed by atoms with Crippen molar-refractivity contribution in [2.75, 3.05) is 11.4 Å². The standard InChI is InChI=1S/C23H23F2N5O3S/c1-14-12-23(2,3)30(13-14)21-15(9-10-17(28-21)16-6-4-8-19(24)27-16)22(31)29-34(32,33)18-7-5-11-26-20(18)25/h4-11,14H,12-13H2,1-3H3,(H,29,31)/t14-/m0/s1. The third kappa shape index (κ3) is 4.60. The number of nitrogens with zero attached hydrogens (tertiary/aromatic N) is 4. The Bertz CT molecular complexity index is 1360. The molecule has 11 heteroatoms. The van der Waals surface area contributed by atoms with E-state index in [0.717, 1.165) is 18.7 Å². The van der Waals surface area contributed by atoms with Gasteiger partial charge in [-0.25, -0.2) is 28.1 Å². The number of rotatable bonds is 5. The molecule has 0 aromatic carbocycles. The van der Waals surface area contributed by atoms with Crippen molar-refractivity contribution in [3.63, 3.8) is 0 Å². The van der Waals surface area contributed by atoms with E-state index < -0.39 is 32.7 Å². The van der Waals surface area contributed by atoms with Crippen molar-refractivity contribution >= 4 is 21.7 Å². The summed E-state index contributed by atoms with van der Waals surface area (Å²) in [5, 5.41) is 0. The third-order valence-corrected chi connectivity index (χ3v) is 7.01. The largest absolute Gasteiger partial charge is 0.351 e. The fraction of sp³-hybridized carbons (Fsp3) is 0.304. The van der Waals surface area contributed by atoms with E-state index in [0.29, 0.717) is 12.2 Å². The Kier molecular flexibility index (Phi) is 6.07. The molecule has 0 spiro atoms. The van der Waals surface area contributed by atoms with Crippen LogP contribution in [-0.2, 0) is 10.0 Å². The SMILES string of the molecule is C[C@@H]1CN(c2nc(-c3cccc(F)n3)ccc2C(=O)NS(=O)(=O)c2cccnc2F)C(C)(C)C1. The average molecular weight is 488 g/mol. The highest BCUT2D eigenvalue weighted by atomic mass is 32.2. The van der Waals surface area contributed by atoms with Crippen LogP contribution in [0.4, 0.5) is 14.6 Å². The van der Waals surface area contributed by atoms with Gasteiger partial charge in [-0.1, -0.05) is 13.0 Å². The number of carbonyl (C=O) groups excluding carboxylic acids is 1. The maximum Gasteiger partial charge on any atom is 0.268 e. The first-order chi connectivity index (χ1) is 16.0. The number of aromatic nitrogens is 3. The molecule has 0 radical (unpaired) electrons. The summed E-state index contributed by atoms with van der Waals surface area (Å²) in [5.74, 6) is -2.35. The zero-order valence-electron chi connectivity index (χ0n) is 18.8. The Morgan fingerprint density at radius 1 is 1.09 bits per heavy atom. The number of sulfonamides is 1. The van der Waals surface area contributed by atoms with Crippen LogP contribution in [0.25, 0.3) is 11.4 Å². The minimum atomic E-state index is -4.53. The van der Waals surface area contributed by atoms with Gasteiger partial charge in [-0.05, 0) is 62.6 Å². The molecule has 3 aromatic heterocycles. The van der Waals surface area contributed by atoms with Gasteiger partial charge >= 0.3 is 0 Å². The van der Waals surface area contributed by atoms with Gasteiger partial charge < -0.3 is 4.90 Å². The van der Waals surface area contributed by atoms with Crippen LogP contribution < -0.4 is 9.62 Å². The van der Waals surface area contributed by atoms with Crippen LogP contribution in [0.3, 0.4) is 0 Å². The number of nitrogens with one attached hydrogen (secondary N) is 1. The molecular formula is C23H23F2N5O3S. The van der Waals surface area contributed by atoms with E-state index in [2.05, 4.69) is 21.9 Å². The van der Waals surface area contributed by atoms with Gasteiger partial charge in [0.25, 0.3) is 15.9 Å². The Labute approximate surface area is 196 Å². The van der Waals surface area contributed by atoms with Crippen LogP contribution in [0.5, 0.6) is 0 Å². The molecule has 0 unspecified atom stereocenters. The van der Waals surface area contributed by atoms with Gasteiger partial charge in [-0.15, -0.1) is 0 Å². The number of carbonyl (C=O) groups is 1. The van der Waals surface area contributed by atoms with E-state index >= 15 is 0 Å². The van der Waals surface area contributed by atoms with E-state index in [1.54, 1.807) is 6.07 Å². The summed E-state index contributed by atoms with van der Waals surface area (Å²) < 4.78 is 54.9.